The Morgan fingerprint density at radius 2 is 1.96 bits per heavy atom. The van der Waals surface area contributed by atoms with Gasteiger partial charge in [0.1, 0.15) is 5.25 Å². The number of thioether (sulfide) groups is 1. The first kappa shape index (κ1) is 17.3. The minimum absolute atomic E-state index is 0.0595. The number of hydrogen-bond acceptors (Lipinski definition) is 5. The van der Waals surface area contributed by atoms with Crippen LogP contribution in [-0.4, -0.2) is 39.7 Å². The molecule has 26 heavy (non-hydrogen) atoms. The van der Waals surface area contributed by atoms with Gasteiger partial charge in [-0.2, -0.15) is 0 Å². The Morgan fingerprint density at radius 3 is 2.58 bits per heavy atom. The van der Waals surface area contributed by atoms with Gasteiger partial charge in [0, 0.05) is 20.1 Å². The monoisotopic (exact) mass is 384 g/mol. The molecule has 1 atom stereocenters. The van der Waals surface area contributed by atoms with Gasteiger partial charge in [-0.05, 0) is 29.9 Å². The molecule has 0 aliphatic heterocycles. The lowest BCUT2D eigenvalue weighted by molar-refractivity contribution is -0.128. The third-order valence-electron chi connectivity index (χ3n) is 4.31. The number of aromatic nitrogens is 3. The van der Waals surface area contributed by atoms with Crippen LogP contribution in [0.4, 0.5) is 0 Å². The molecule has 2 aromatic heterocycles. The SMILES string of the molecule is CN(C)C(=O)C(Sc1nnc(-c2cccs2)n1C1CC1)c1ccccc1. The van der Waals surface area contributed by atoms with Crippen molar-refractivity contribution in [2.45, 2.75) is 29.3 Å². The number of thiophene rings is 1. The van der Waals surface area contributed by atoms with E-state index in [2.05, 4.69) is 26.2 Å². The van der Waals surface area contributed by atoms with Crippen molar-refractivity contribution in [3.63, 3.8) is 0 Å². The van der Waals surface area contributed by atoms with E-state index in [4.69, 9.17) is 0 Å². The minimum Gasteiger partial charge on any atom is -0.348 e. The highest BCUT2D eigenvalue weighted by molar-refractivity contribution is 8.00. The Kier molecular flexibility index (Phi) is 4.82. The Morgan fingerprint density at radius 1 is 1.19 bits per heavy atom. The van der Waals surface area contributed by atoms with Gasteiger partial charge in [-0.1, -0.05) is 48.2 Å². The van der Waals surface area contributed by atoms with Gasteiger partial charge in [0.2, 0.25) is 5.91 Å². The minimum atomic E-state index is -0.330. The average Bonchev–Trinajstić information content (AvgIpc) is 3.18. The van der Waals surface area contributed by atoms with Crippen LogP contribution in [0.3, 0.4) is 0 Å². The first-order chi connectivity index (χ1) is 12.6. The fourth-order valence-electron chi connectivity index (χ4n) is 2.82. The number of nitrogens with zero attached hydrogens (tertiary/aromatic N) is 4. The second-order valence-electron chi connectivity index (χ2n) is 6.53. The van der Waals surface area contributed by atoms with Gasteiger partial charge in [-0.25, -0.2) is 0 Å². The molecule has 1 aliphatic carbocycles. The predicted octanol–water partition coefficient (Wildman–Crippen LogP) is 4.26. The predicted molar refractivity (Wildman–Crippen MR) is 105 cm³/mol. The van der Waals surface area contributed by atoms with Crippen molar-refractivity contribution in [3.05, 3.63) is 53.4 Å². The van der Waals surface area contributed by atoms with E-state index in [9.17, 15) is 4.79 Å². The summed E-state index contributed by atoms with van der Waals surface area (Å²) in [7, 11) is 3.59. The van der Waals surface area contributed by atoms with Crippen molar-refractivity contribution in [2.24, 2.45) is 0 Å². The van der Waals surface area contributed by atoms with Crippen LogP contribution in [0, 0.1) is 0 Å². The van der Waals surface area contributed by atoms with Crippen molar-refractivity contribution < 1.29 is 4.79 Å². The molecule has 0 N–H and O–H groups in total. The molecule has 0 spiro atoms. The zero-order chi connectivity index (χ0) is 18.1. The summed E-state index contributed by atoms with van der Waals surface area (Å²) in [5.74, 6) is 0.971. The van der Waals surface area contributed by atoms with Crippen molar-refractivity contribution in [3.8, 4) is 10.7 Å². The summed E-state index contributed by atoms with van der Waals surface area (Å²) < 4.78 is 2.22. The van der Waals surface area contributed by atoms with Gasteiger partial charge in [-0.15, -0.1) is 21.5 Å². The smallest absolute Gasteiger partial charge is 0.240 e. The molecule has 0 saturated heterocycles. The van der Waals surface area contributed by atoms with Crippen molar-refractivity contribution in [1.29, 1.82) is 0 Å². The molecule has 7 heteroatoms. The van der Waals surface area contributed by atoms with Crippen LogP contribution in [0.5, 0.6) is 0 Å². The Hall–Kier alpha value is -2.12. The number of carbonyl (C=O) groups excluding carboxylic acids is 1. The van der Waals surface area contributed by atoms with Crippen LogP contribution >= 0.6 is 23.1 Å². The molecule has 1 aromatic carbocycles. The molecule has 3 aromatic rings. The molecule has 4 rings (SSSR count). The van der Waals surface area contributed by atoms with Gasteiger partial charge in [-0.3, -0.25) is 9.36 Å². The van der Waals surface area contributed by atoms with Crippen LogP contribution < -0.4 is 0 Å². The molecule has 0 bridgehead atoms. The first-order valence-corrected chi connectivity index (χ1v) is 10.3. The fraction of sp³-hybridized carbons (Fsp3) is 0.316. The molecule has 134 valence electrons. The molecule has 2 heterocycles. The maximum atomic E-state index is 12.8. The van der Waals surface area contributed by atoms with E-state index in [1.54, 1.807) is 30.3 Å². The van der Waals surface area contributed by atoms with E-state index in [0.717, 1.165) is 34.3 Å². The highest BCUT2D eigenvalue weighted by Gasteiger charge is 2.33. The maximum absolute atomic E-state index is 12.8. The standard InChI is InChI=1S/C19H20N4OS2/c1-22(2)18(24)16(13-7-4-3-5-8-13)26-19-21-20-17(15-9-6-12-25-15)23(19)14-10-11-14/h3-9,12,14,16H,10-11H2,1-2H3. The summed E-state index contributed by atoms with van der Waals surface area (Å²) in [5.41, 5.74) is 0.985. The van der Waals surface area contributed by atoms with Gasteiger partial charge < -0.3 is 4.90 Å². The zero-order valence-electron chi connectivity index (χ0n) is 14.7. The van der Waals surface area contributed by atoms with Crippen LogP contribution in [0.25, 0.3) is 10.7 Å². The van der Waals surface area contributed by atoms with E-state index in [1.165, 1.54) is 11.8 Å². The van der Waals surface area contributed by atoms with E-state index in [-0.39, 0.29) is 11.2 Å². The van der Waals surface area contributed by atoms with Crippen LogP contribution in [0.15, 0.2) is 53.0 Å². The molecule has 1 saturated carbocycles. The topological polar surface area (TPSA) is 51.0 Å². The van der Waals surface area contributed by atoms with E-state index in [1.807, 2.05) is 36.4 Å². The number of amides is 1. The number of carbonyl (C=O) groups is 1. The number of hydrogen-bond donors (Lipinski definition) is 0. The highest BCUT2D eigenvalue weighted by Crippen LogP contribution is 2.44. The molecule has 1 amide bonds. The van der Waals surface area contributed by atoms with E-state index < -0.39 is 0 Å². The number of likely N-dealkylation sites (N-methyl/N-ethyl adjacent to an activating group) is 1. The van der Waals surface area contributed by atoms with E-state index in [0.29, 0.717) is 6.04 Å². The Labute approximate surface area is 161 Å². The van der Waals surface area contributed by atoms with Gasteiger partial charge >= 0.3 is 0 Å². The summed E-state index contributed by atoms with van der Waals surface area (Å²) in [6.07, 6.45) is 2.28. The second-order valence-corrected chi connectivity index (χ2v) is 8.55. The number of rotatable bonds is 6. The lowest BCUT2D eigenvalue weighted by Gasteiger charge is -2.20. The Balaban J connectivity index is 1.71. The average molecular weight is 385 g/mol. The lowest BCUT2D eigenvalue weighted by atomic mass is 10.1. The number of benzene rings is 1. The molecule has 0 radical (unpaired) electrons. The third kappa shape index (κ3) is 3.41. The third-order valence-corrected chi connectivity index (χ3v) is 6.37. The molecule has 1 aliphatic rings. The van der Waals surface area contributed by atoms with Crippen molar-refractivity contribution in [2.75, 3.05) is 14.1 Å². The molecular weight excluding hydrogens is 364 g/mol. The van der Waals surface area contributed by atoms with Gasteiger partial charge in [0.05, 0.1) is 4.88 Å². The van der Waals surface area contributed by atoms with Crippen LogP contribution in [0.1, 0.15) is 29.7 Å². The zero-order valence-corrected chi connectivity index (χ0v) is 16.3. The molecule has 1 unspecified atom stereocenters. The lowest BCUT2D eigenvalue weighted by Crippen LogP contribution is -2.27. The fourth-order valence-corrected chi connectivity index (χ4v) is 4.78. The summed E-state index contributed by atoms with van der Waals surface area (Å²) in [6, 6.07) is 14.4. The first-order valence-electron chi connectivity index (χ1n) is 8.56. The largest absolute Gasteiger partial charge is 0.348 e. The second kappa shape index (κ2) is 7.25. The van der Waals surface area contributed by atoms with Gasteiger partial charge in [0.15, 0.2) is 11.0 Å². The molecular formula is C19H20N4OS2. The van der Waals surface area contributed by atoms with Crippen molar-refractivity contribution >= 4 is 29.0 Å². The summed E-state index contributed by atoms with van der Waals surface area (Å²) in [6.45, 7) is 0. The Bertz CT molecular complexity index is 886. The van der Waals surface area contributed by atoms with Crippen molar-refractivity contribution in [1.82, 2.24) is 19.7 Å². The normalized spacial score (nSPS) is 15.0. The summed E-state index contributed by atoms with van der Waals surface area (Å²) in [4.78, 5) is 15.6. The highest BCUT2D eigenvalue weighted by atomic mass is 32.2. The summed E-state index contributed by atoms with van der Waals surface area (Å²) in [5, 5.41) is 11.4. The molecule has 1 fully saturated rings. The quantitative estimate of drug-likeness (QED) is 0.596. The van der Waals surface area contributed by atoms with Crippen LogP contribution in [-0.2, 0) is 4.79 Å². The maximum Gasteiger partial charge on any atom is 0.240 e. The van der Waals surface area contributed by atoms with E-state index >= 15 is 0 Å². The van der Waals surface area contributed by atoms with Crippen LogP contribution in [0.2, 0.25) is 0 Å². The van der Waals surface area contributed by atoms with Gasteiger partial charge in [0.25, 0.3) is 0 Å². The summed E-state index contributed by atoms with van der Waals surface area (Å²) >= 11 is 3.16. The molecule has 5 nitrogen and oxygen atoms in total.